The maximum Gasteiger partial charge on any atom is 0.341 e. The number of hydrogen-bond donors (Lipinski definition) is 2. The van der Waals surface area contributed by atoms with Crippen molar-refractivity contribution in [2.75, 3.05) is 0 Å². The molecular weight excluding hydrogens is 672 g/mol. The average Bonchev–Trinajstić information content (AvgIpc) is 3.92. The molecule has 7 fully saturated rings. The number of carbonyl (C=O) groups excluding carboxylic acids is 6. The number of Topliss-reactive ketones (excluding diaryl/α,β-unsaturated/α-hetero) is 1. The van der Waals surface area contributed by atoms with E-state index in [1.807, 2.05) is 6.92 Å². The molecule has 3 aliphatic heterocycles. The van der Waals surface area contributed by atoms with Gasteiger partial charge >= 0.3 is 29.8 Å². The molecule has 1 spiro atoms. The fourth-order valence-electron chi connectivity index (χ4n) is 12.7. The van der Waals surface area contributed by atoms with Gasteiger partial charge in [0.05, 0.1) is 11.5 Å². The van der Waals surface area contributed by atoms with E-state index in [0.29, 0.717) is 0 Å². The molecule has 0 aromatic rings. The van der Waals surface area contributed by atoms with Gasteiger partial charge in [-0.2, -0.15) is 0 Å². The second-order valence-electron chi connectivity index (χ2n) is 16.7. The summed E-state index contributed by atoms with van der Waals surface area (Å²) in [5, 5.41) is 23.9. The zero-order valence-corrected chi connectivity index (χ0v) is 29.9. The number of epoxide rings is 2. The van der Waals surface area contributed by atoms with Crippen molar-refractivity contribution in [2.45, 2.75) is 123 Å². The minimum Gasteiger partial charge on any atom is -0.504 e. The molecule has 8 aliphatic rings. The Morgan fingerprint density at radius 2 is 1.35 bits per heavy atom. The van der Waals surface area contributed by atoms with E-state index >= 15 is 0 Å². The third kappa shape index (κ3) is 3.85. The second-order valence-corrected chi connectivity index (χ2v) is 16.7. The Morgan fingerprint density at radius 1 is 0.784 bits per heavy atom. The topological polar surface area (TPSA) is 214 Å². The number of fused-ring (bicyclic) bond motifs is 9. The summed E-state index contributed by atoms with van der Waals surface area (Å²) in [6.45, 7) is 13.1. The molecular formula is C36H44O15. The van der Waals surface area contributed by atoms with Crippen LogP contribution in [0.3, 0.4) is 0 Å². The van der Waals surface area contributed by atoms with Gasteiger partial charge in [-0.15, -0.1) is 0 Å². The van der Waals surface area contributed by atoms with Crippen LogP contribution in [-0.2, 0) is 61.9 Å². The number of carbonyl (C=O) groups is 6. The van der Waals surface area contributed by atoms with Crippen molar-refractivity contribution in [3.05, 3.63) is 11.3 Å². The van der Waals surface area contributed by atoms with E-state index in [2.05, 4.69) is 0 Å². The highest BCUT2D eigenvalue weighted by atomic mass is 16.8. The molecule has 15 nitrogen and oxygen atoms in total. The molecule has 3 heterocycles. The Balaban J connectivity index is 1.43. The minimum atomic E-state index is -2.17. The number of allylic oxidation sites excluding steroid dienone is 1. The van der Waals surface area contributed by atoms with Gasteiger partial charge in [0.2, 0.25) is 11.6 Å². The van der Waals surface area contributed by atoms with Crippen LogP contribution in [-0.4, -0.2) is 100.0 Å². The minimum absolute atomic E-state index is 0.129. The summed E-state index contributed by atoms with van der Waals surface area (Å²) in [6.07, 6.45) is -6.60. The summed E-state index contributed by atoms with van der Waals surface area (Å²) in [7, 11) is 0. The van der Waals surface area contributed by atoms with Crippen LogP contribution < -0.4 is 0 Å². The Morgan fingerprint density at radius 3 is 1.94 bits per heavy atom. The Bertz CT molecular complexity index is 1730. The number of aliphatic hydroxyl groups is 2. The highest BCUT2D eigenvalue weighted by Gasteiger charge is 2.93. The zero-order chi connectivity index (χ0) is 37.3. The van der Waals surface area contributed by atoms with Gasteiger partial charge < -0.3 is 43.4 Å². The molecule has 8 rings (SSSR count). The van der Waals surface area contributed by atoms with Crippen LogP contribution >= 0.6 is 0 Å². The Labute approximate surface area is 293 Å². The predicted molar refractivity (Wildman–Crippen MR) is 165 cm³/mol. The molecule has 0 unspecified atom stereocenters. The smallest absolute Gasteiger partial charge is 0.341 e. The third-order valence-electron chi connectivity index (χ3n) is 14.5. The van der Waals surface area contributed by atoms with Crippen LogP contribution in [0.2, 0.25) is 0 Å². The van der Waals surface area contributed by atoms with Gasteiger partial charge in [-0.05, 0) is 31.3 Å². The quantitative estimate of drug-likeness (QED) is 0.239. The summed E-state index contributed by atoms with van der Waals surface area (Å²) < 4.78 is 42.6. The lowest BCUT2D eigenvalue weighted by Gasteiger charge is -2.62. The van der Waals surface area contributed by atoms with Gasteiger partial charge in [-0.25, -0.2) is 4.79 Å². The highest BCUT2D eigenvalue weighted by molar-refractivity contribution is 5.98. The predicted octanol–water partition coefficient (Wildman–Crippen LogP) is 1.46. The summed E-state index contributed by atoms with van der Waals surface area (Å²) >= 11 is 0. The van der Waals surface area contributed by atoms with Crippen molar-refractivity contribution in [1.82, 2.24) is 0 Å². The van der Waals surface area contributed by atoms with Crippen LogP contribution in [0.4, 0.5) is 0 Å². The maximum absolute atomic E-state index is 14.9. The Kier molecular flexibility index (Phi) is 6.84. The molecule has 278 valence electrons. The van der Waals surface area contributed by atoms with E-state index in [1.54, 1.807) is 20.8 Å². The van der Waals surface area contributed by atoms with Crippen molar-refractivity contribution in [1.29, 1.82) is 0 Å². The largest absolute Gasteiger partial charge is 0.504 e. The molecule has 0 aromatic heterocycles. The molecule has 3 saturated heterocycles. The fraction of sp³-hybridized carbons (Fsp3) is 0.778. The molecule has 5 aliphatic carbocycles. The summed E-state index contributed by atoms with van der Waals surface area (Å²) in [6, 6.07) is 0. The third-order valence-corrected chi connectivity index (χ3v) is 14.5. The molecule has 15 heteroatoms. The monoisotopic (exact) mass is 716 g/mol. The van der Waals surface area contributed by atoms with E-state index in [0.717, 1.165) is 0 Å². The lowest BCUT2D eigenvalue weighted by molar-refractivity contribution is -0.243. The van der Waals surface area contributed by atoms with Crippen molar-refractivity contribution in [3.8, 4) is 0 Å². The number of esters is 5. The number of ketones is 1. The van der Waals surface area contributed by atoms with Crippen molar-refractivity contribution in [2.24, 2.45) is 51.8 Å². The molecule has 2 N–H and O–H groups in total. The molecule has 0 bridgehead atoms. The first kappa shape index (κ1) is 34.5. The van der Waals surface area contributed by atoms with E-state index in [4.69, 9.17) is 33.2 Å². The van der Waals surface area contributed by atoms with Gasteiger partial charge in [0.25, 0.3) is 0 Å². The summed E-state index contributed by atoms with van der Waals surface area (Å²) in [5.74, 6) is -12.3. The number of hydrogen-bond acceptors (Lipinski definition) is 15. The van der Waals surface area contributed by atoms with Gasteiger partial charge in [0, 0.05) is 68.6 Å². The van der Waals surface area contributed by atoms with Gasteiger partial charge in [-0.3, -0.25) is 24.0 Å². The van der Waals surface area contributed by atoms with Gasteiger partial charge in [-0.1, -0.05) is 20.8 Å². The molecule has 0 amide bonds. The van der Waals surface area contributed by atoms with Crippen LogP contribution in [0.1, 0.15) is 68.7 Å². The zero-order valence-electron chi connectivity index (χ0n) is 29.9. The first-order valence-corrected chi connectivity index (χ1v) is 17.6. The lowest BCUT2D eigenvalue weighted by atomic mass is 9.43. The van der Waals surface area contributed by atoms with Gasteiger partial charge in [0.15, 0.2) is 11.4 Å². The highest BCUT2D eigenvalue weighted by Crippen LogP contribution is 2.81. The normalized spacial score (nSPS) is 53.8. The van der Waals surface area contributed by atoms with Crippen LogP contribution in [0.15, 0.2) is 11.3 Å². The summed E-state index contributed by atoms with van der Waals surface area (Å²) in [5.41, 5.74) is -6.29. The van der Waals surface area contributed by atoms with E-state index < -0.39 is 147 Å². The first-order valence-electron chi connectivity index (χ1n) is 17.6. The van der Waals surface area contributed by atoms with E-state index in [-0.39, 0.29) is 12.0 Å². The van der Waals surface area contributed by atoms with Crippen molar-refractivity contribution in [3.63, 3.8) is 0 Å². The number of rotatable bonds is 4. The summed E-state index contributed by atoms with van der Waals surface area (Å²) in [4.78, 5) is 80.4. The number of aliphatic hydroxyl groups excluding tert-OH is 1. The van der Waals surface area contributed by atoms with Crippen LogP contribution in [0, 0.1) is 51.8 Å². The molecule has 18 atom stereocenters. The first-order chi connectivity index (χ1) is 23.6. The number of ether oxygens (including phenoxy) is 7. The average molecular weight is 717 g/mol. The Hall–Kier alpha value is -3.56. The molecule has 4 saturated carbocycles. The SMILES string of the molecule is CC(=O)O[C@@H]1[C@H]2[C@@H]3C(=O)C(O)=C4C[C@@H]5O[C@@H]5[C@H](OC(C)=O)[C@]4(C)[C@H]3[C@H](OC(C)=O)[C@H](OC(C)=O)[C@]2(C)[C@H]2[C@H](C)[C@@H]3O[C@@]34OC(=O)[C@@](C)(O)[C@]4(C)[C@H]12. The van der Waals surface area contributed by atoms with E-state index in [9.17, 15) is 39.0 Å². The van der Waals surface area contributed by atoms with E-state index in [1.165, 1.54) is 34.6 Å². The van der Waals surface area contributed by atoms with Crippen molar-refractivity contribution >= 4 is 35.6 Å². The lowest BCUT2D eigenvalue weighted by Crippen LogP contribution is -2.71. The molecule has 0 aromatic carbocycles. The second kappa shape index (κ2) is 10.1. The molecule has 51 heavy (non-hydrogen) atoms. The van der Waals surface area contributed by atoms with Crippen LogP contribution in [0.25, 0.3) is 0 Å². The fourth-order valence-corrected chi connectivity index (χ4v) is 12.7. The molecule has 0 radical (unpaired) electrons. The maximum atomic E-state index is 14.9. The van der Waals surface area contributed by atoms with Crippen LogP contribution in [0.5, 0.6) is 0 Å². The van der Waals surface area contributed by atoms with Gasteiger partial charge in [0.1, 0.15) is 36.6 Å². The standard InChI is InChI=1S/C36H44O15/c1-11-19-22(34(8)35(9,44)31(43)51-36(34)28(11)50-36)26(45-12(2)37)20-18-21(27(46-13(3)38)30(33(19,20)7)48-15(5)40)32(6)16(23(41)24(18)42)10-17-25(49-17)29(32)47-14(4)39/h11,17-22,25-30,41,44H,10H2,1-9H3/t11-,17-,18-,19-,20+,21+,22-,25-,26+,27-,28-,29-,30-,32-,33+,34-,35+,36+/m0/s1. The van der Waals surface area contributed by atoms with Crippen molar-refractivity contribution < 1.29 is 72.1 Å².